The third-order valence-electron chi connectivity index (χ3n) is 2.45. The molecule has 0 aliphatic rings. The Morgan fingerprint density at radius 3 is 2.82 bits per heavy atom. The molecule has 0 fully saturated rings. The number of amides is 1. The predicted molar refractivity (Wildman–Crippen MR) is 63.8 cm³/mol. The third kappa shape index (κ3) is 4.19. The summed E-state index contributed by atoms with van der Waals surface area (Å²) in [5.41, 5.74) is 0.261. The van der Waals surface area contributed by atoms with Crippen LogP contribution in [0.5, 0.6) is 0 Å². The second-order valence-corrected chi connectivity index (χ2v) is 4.42. The van der Waals surface area contributed by atoms with Gasteiger partial charge in [-0.25, -0.2) is 0 Å². The maximum Gasteiger partial charge on any atom is 0.273 e. The molecule has 0 radical (unpaired) electrons. The minimum absolute atomic E-state index is 0.203. The van der Waals surface area contributed by atoms with Gasteiger partial charge in [0.25, 0.3) is 5.91 Å². The lowest BCUT2D eigenvalue weighted by Gasteiger charge is -2.09. The minimum atomic E-state index is -0.500. The molecule has 0 aromatic carbocycles. The van der Waals surface area contributed by atoms with Crippen LogP contribution in [-0.4, -0.2) is 28.8 Å². The van der Waals surface area contributed by atoms with Crippen LogP contribution in [0.4, 0.5) is 0 Å². The highest BCUT2D eigenvalue weighted by atomic mass is 16.5. The van der Waals surface area contributed by atoms with Crippen molar-refractivity contribution >= 4 is 5.91 Å². The second-order valence-electron chi connectivity index (χ2n) is 4.42. The monoisotopic (exact) mass is 240 g/mol. The van der Waals surface area contributed by atoms with E-state index in [1.54, 1.807) is 6.07 Å². The number of carbonyl (C=O) groups excluding carboxylic acids is 1. The summed E-state index contributed by atoms with van der Waals surface area (Å²) >= 11 is 0. The summed E-state index contributed by atoms with van der Waals surface area (Å²) in [7, 11) is 0. The normalized spacial score (nSPS) is 12.8. The Balaban J connectivity index is 2.46. The average Bonchev–Trinajstić information content (AvgIpc) is 2.75. The van der Waals surface area contributed by atoms with Crippen LogP contribution < -0.4 is 5.32 Å². The SMILES string of the molecule is CCCC(O)CNC(=O)c1cc(C(C)C)on1. The third-order valence-corrected chi connectivity index (χ3v) is 2.45. The second kappa shape index (κ2) is 6.39. The van der Waals surface area contributed by atoms with Crippen LogP contribution in [-0.2, 0) is 0 Å². The molecule has 5 nitrogen and oxygen atoms in total. The van der Waals surface area contributed by atoms with E-state index in [0.717, 1.165) is 6.42 Å². The summed E-state index contributed by atoms with van der Waals surface area (Å²) in [4.78, 5) is 11.6. The largest absolute Gasteiger partial charge is 0.391 e. The van der Waals surface area contributed by atoms with Crippen LogP contribution in [0.3, 0.4) is 0 Å². The zero-order valence-corrected chi connectivity index (χ0v) is 10.6. The highest BCUT2D eigenvalue weighted by molar-refractivity contribution is 5.92. The molecule has 96 valence electrons. The lowest BCUT2D eigenvalue weighted by molar-refractivity contribution is 0.0901. The summed E-state index contributed by atoms with van der Waals surface area (Å²) < 4.78 is 5.03. The zero-order chi connectivity index (χ0) is 12.8. The molecule has 1 unspecified atom stereocenters. The first-order valence-corrected chi connectivity index (χ1v) is 5.97. The number of aliphatic hydroxyl groups excluding tert-OH is 1. The fourth-order valence-electron chi connectivity index (χ4n) is 1.40. The molecular formula is C12H20N2O3. The number of nitrogens with zero attached hydrogens (tertiary/aromatic N) is 1. The summed E-state index contributed by atoms with van der Waals surface area (Å²) in [6.07, 6.45) is 1.06. The molecule has 1 amide bonds. The fourth-order valence-corrected chi connectivity index (χ4v) is 1.40. The molecule has 0 bridgehead atoms. The maximum atomic E-state index is 11.6. The van der Waals surface area contributed by atoms with Gasteiger partial charge in [0, 0.05) is 18.5 Å². The average molecular weight is 240 g/mol. The van der Waals surface area contributed by atoms with Crippen LogP contribution in [0, 0.1) is 0 Å². The van der Waals surface area contributed by atoms with Crippen molar-refractivity contribution in [2.75, 3.05) is 6.54 Å². The first kappa shape index (κ1) is 13.7. The van der Waals surface area contributed by atoms with E-state index in [2.05, 4.69) is 10.5 Å². The summed E-state index contributed by atoms with van der Waals surface area (Å²) in [5.74, 6) is 0.579. The molecule has 0 spiro atoms. The van der Waals surface area contributed by atoms with Crippen LogP contribution in [0.2, 0.25) is 0 Å². The van der Waals surface area contributed by atoms with Crippen molar-refractivity contribution in [1.82, 2.24) is 10.5 Å². The lowest BCUT2D eigenvalue weighted by Crippen LogP contribution is -2.32. The quantitative estimate of drug-likeness (QED) is 0.793. The van der Waals surface area contributed by atoms with Gasteiger partial charge in [0.15, 0.2) is 5.69 Å². The van der Waals surface area contributed by atoms with E-state index in [4.69, 9.17) is 4.52 Å². The molecule has 1 atom stereocenters. The Hall–Kier alpha value is -1.36. The van der Waals surface area contributed by atoms with Gasteiger partial charge in [0.05, 0.1) is 6.10 Å². The first-order chi connectivity index (χ1) is 8.04. The van der Waals surface area contributed by atoms with Crippen LogP contribution >= 0.6 is 0 Å². The van der Waals surface area contributed by atoms with E-state index >= 15 is 0 Å². The molecule has 1 aromatic rings. The summed E-state index contributed by atoms with van der Waals surface area (Å²) in [6, 6.07) is 1.63. The minimum Gasteiger partial charge on any atom is -0.391 e. The highest BCUT2D eigenvalue weighted by Crippen LogP contribution is 2.14. The van der Waals surface area contributed by atoms with Crippen molar-refractivity contribution < 1.29 is 14.4 Å². The van der Waals surface area contributed by atoms with Gasteiger partial charge in [-0.05, 0) is 6.42 Å². The Morgan fingerprint density at radius 2 is 2.29 bits per heavy atom. The van der Waals surface area contributed by atoms with Crippen LogP contribution in [0.1, 0.15) is 55.8 Å². The lowest BCUT2D eigenvalue weighted by atomic mass is 10.1. The smallest absolute Gasteiger partial charge is 0.273 e. The number of hydrogen-bond donors (Lipinski definition) is 2. The Bertz CT molecular complexity index is 360. The Morgan fingerprint density at radius 1 is 1.59 bits per heavy atom. The number of nitrogens with one attached hydrogen (secondary N) is 1. The van der Waals surface area contributed by atoms with Gasteiger partial charge in [0.2, 0.25) is 0 Å². The summed E-state index contributed by atoms with van der Waals surface area (Å²) in [5, 5.41) is 15.8. The number of aliphatic hydroxyl groups is 1. The molecule has 0 saturated heterocycles. The van der Waals surface area contributed by atoms with Gasteiger partial charge in [-0.1, -0.05) is 32.3 Å². The molecule has 1 rings (SSSR count). The number of rotatable bonds is 6. The van der Waals surface area contributed by atoms with Crippen molar-refractivity contribution in [2.24, 2.45) is 0 Å². The van der Waals surface area contributed by atoms with Gasteiger partial charge >= 0.3 is 0 Å². The van der Waals surface area contributed by atoms with Crippen molar-refractivity contribution in [2.45, 2.75) is 45.6 Å². The van der Waals surface area contributed by atoms with Gasteiger partial charge in [-0.15, -0.1) is 0 Å². The van der Waals surface area contributed by atoms with E-state index in [-0.39, 0.29) is 24.1 Å². The molecule has 1 aromatic heterocycles. The van der Waals surface area contributed by atoms with E-state index < -0.39 is 6.10 Å². The number of carbonyl (C=O) groups is 1. The molecule has 2 N–H and O–H groups in total. The van der Waals surface area contributed by atoms with E-state index in [9.17, 15) is 9.90 Å². The van der Waals surface area contributed by atoms with Crippen molar-refractivity contribution in [3.63, 3.8) is 0 Å². The number of aromatic nitrogens is 1. The fraction of sp³-hybridized carbons (Fsp3) is 0.667. The van der Waals surface area contributed by atoms with Crippen molar-refractivity contribution in [1.29, 1.82) is 0 Å². The molecule has 5 heteroatoms. The molecular weight excluding hydrogens is 220 g/mol. The van der Waals surface area contributed by atoms with Gasteiger partial charge in [-0.2, -0.15) is 0 Å². The predicted octanol–water partition coefficient (Wildman–Crippen LogP) is 1.69. The molecule has 0 saturated carbocycles. The maximum absolute atomic E-state index is 11.6. The topological polar surface area (TPSA) is 75.4 Å². The molecule has 17 heavy (non-hydrogen) atoms. The van der Waals surface area contributed by atoms with E-state index in [1.807, 2.05) is 20.8 Å². The van der Waals surface area contributed by atoms with Crippen LogP contribution in [0.25, 0.3) is 0 Å². The van der Waals surface area contributed by atoms with E-state index in [0.29, 0.717) is 12.2 Å². The standard InChI is InChI=1S/C12H20N2O3/c1-4-5-9(15)7-13-12(16)10-6-11(8(2)3)17-14-10/h6,8-9,15H,4-5,7H2,1-3H3,(H,13,16). The Labute approximate surface area is 101 Å². The van der Waals surface area contributed by atoms with Gasteiger partial charge < -0.3 is 14.9 Å². The highest BCUT2D eigenvalue weighted by Gasteiger charge is 2.14. The van der Waals surface area contributed by atoms with Crippen molar-refractivity contribution in [3.05, 3.63) is 17.5 Å². The molecule has 0 aliphatic carbocycles. The van der Waals surface area contributed by atoms with Crippen LogP contribution in [0.15, 0.2) is 10.6 Å². The number of hydrogen-bond acceptors (Lipinski definition) is 4. The van der Waals surface area contributed by atoms with Crippen molar-refractivity contribution in [3.8, 4) is 0 Å². The van der Waals surface area contributed by atoms with Gasteiger partial charge in [0.1, 0.15) is 5.76 Å². The summed E-state index contributed by atoms with van der Waals surface area (Å²) in [6.45, 7) is 6.16. The van der Waals surface area contributed by atoms with Gasteiger partial charge in [-0.3, -0.25) is 4.79 Å². The zero-order valence-electron chi connectivity index (χ0n) is 10.6. The Kier molecular flexibility index (Phi) is 5.15. The first-order valence-electron chi connectivity index (χ1n) is 5.97. The molecule has 1 heterocycles. The molecule has 0 aliphatic heterocycles. The van der Waals surface area contributed by atoms with E-state index in [1.165, 1.54) is 0 Å².